The minimum atomic E-state index is -0.889. The van der Waals surface area contributed by atoms with E-state index in [1.165, 1.54) is 21.3 Å². The second-order valence-corrected chi connectivity index (χ2v) is 4.34. The van der Waals surface area contributed by atoms with Gasteiger partial charge in [0.2, 0.25) is 0 Å². The van der Waals surface area contributed by atoms with Crippen LogP contribution in [0.5, 0.6) is 11.5 Å². The molecule has 0 aromatic heterocycles. The molecule has 1 aromatic carbocycles. The smallest absolute Gasteiger partial charge is 0.305 e. The Labute approximate surface area is 118 Å². The molecule has 0 heterocycles. The maximum Gasteiger partial charge on any atom is 0.305 e. The summed E-state index contributed by atoms with van der Waals surface area (Å²) in [6.45, 7) is 0. The number of rotatable bonds is 7. The molecular formula is C14H21NO5. The molecular weight excluding hydrogens is 262 g/mol. The first-order chi connectivity index (χ1) is 9.53. The Morgan fingerprint density at radius 3 is 2.45 bits per heavy atom. The van der Waals surface area contributed by atoms with Crippen molar-refractivity contribution in [2.24, 2.45) is 5.73 Å². The monoisotopic (exact) mass is 283 g/mol. The van der Waals surface area contributed by atoms with Gasteiger partial charge < -0.3 is 25.1 Å². The van der Waals surface area contributed by atoms with Gasteiger partial charge in [0.1, 0.15) is 0 Å². The molecule has 0 spiro atoms. The fourth-order valence-electron chi connectivity index (χ4n) is 1.83. The van der Waals surface area contributed by atoms with E-state index in [0.29, 0.717) is 23.5 Å². The molecule has 0 bridgehead atoms. The van der Waals surface area contributed by atoms with Gasteiger partial charge in [-0.1, -0.05) is 6.07 Å². The largest absolute Gasteiger partial charge is 0.493 e. The standard InChI is InChI=1S/C14H21NO5/c1-18-11-6-4-9(8-12(11)19-2)14(17)10(15)5-7-13(16)20-3/h4,6,8,10,14,17H,5,7,15H2,1-3H3. The van der Waals surface area contributed by atoms with Crippen molar-refractivity contribution in [1.82, 2.24) is 0 Å². The Bertz CT molecular complexity index is 449. The summed E-state index contributed by atoms with van der Waals surface area (Å²) in [5.74, 6) is 0.746. The SMILES string of the molecule is COC(=O)CCC(N)C(O)c1ccc(OC)c(OC)c1. The van der Waals surface area contributed by atoms with Gasteiger partial charge >= 0.3 is 5.97 Å². The zero-order valence-electron chi connectivity index (χ0n) is 12.0. The number of carbonyl (C=O) groups excluding carboxylic acids is 1. The number of aliphatic hydroxyl groups is 1. The van der Waals surface area contributed by atoms with E-state index in [-0.39, 0.29) is 12.4 Å². The number of aliphatic hydroxyl groups excluding tert-OH is 1. The normalized spacial score (nSPS) is 13.4. The summed E-state index contributed by atoms with van der Waals surface area (Å²) in [6, 6.07) is 4.52. The third-order valence-electron chi connectivity index (χ3n) is 3.06. The van der Waals surface area contributed by atoms with Crippen molar-refractivity contribution < 1.29 is 24.1 Å². The highest BCUT2D eigenvalue weighted by molar-refractivity contribution is 5.69. The predicted octanol–water partition coefficient (Wildman–Crippen LogP) is 1.02. The summed E-state index contributed by atoms with van der Waals surface area (Å²) < 4.78 is 14.8. The maximum absolute atomic E-state index is 11.1. The molecule has 2 atom stereocenters. The average Bonchev–Trinajstić information content (AvgIpc) is 2.50. The average molecular weight is 283 g/mol. The van der Waals surface area contributed by atoms with Crippen LogP contribution in [0.2, 0.25) is 0 Å². The molecule has 0 aliphatic heterocycles. The second kappa shape index (κ2) is 7.72. The number of nitrogens with two attached hydrogens (primary N) is 1. The van der Waals surface area contributed by atoms with Gasteiger partial charge in [0, 0.05) is 12.5 Å². The van der Waals surface area contributed by atoms with Crippen molar-refractivity contribution in [3.8, 4) is 11.5 Å². The van der Waals surface area contributed by atoms with Gasteiger partial charge in [-0.3, -0.25) is 4.79 Å². The summed E-state index contributed by atoms with van der Waals surface area (Å²) in [6.07, 6.45) is -0.385. The quantitative estimate of drug-likeness (QED) is 0.726. The van der Waals surface area contributed by atoms with E-state index in [1.54, 1.807) is 18.2 Å². The van der Waals surface area contributed by atoms with Gasteiger partial charge in [0.05, 0.1) is 27.4 Å². The molecule has 0 fully saturated rings. The van der Waals surface area contributed by atoms with Gasteiger partial charge in [-0.2, -0.15) is 0 Å². The Hall–Kier alpha value is -1.79. The molecule has 112 valence electrons. The molecule has 6 heteroatoms. The number of hydrogen-bond donors (Lipinski definition) is 2. The van der Waals surface area contributed by atoms with E-state index in [4.69, 9.17) is 15.2 Å². The molecule has 0 aliphatic carbocycles. The van der Waals surface area contributed by atoms with E-state index < -0.39 is 12.1 Å². The van der Waals surface area contributed by atoms with Crippen LogP contribution in [-0.4, -0.2) is 38.4 Å². The highest BCUT2D eigenvalue weighted by Gasteiger charge is 2.19. The first-order valence-electron chi connectivity index (χ1n) is 6.25. The van der Waals surface area contributed by atoms with E-state index in [9.17, 15) is 9.90 Å². The molecule has 2 unspecified atom stereocenters. The lowest BCUT2D eigenvalue weighted by atomic mass is 9.99. The lowest BCUT2D eigenvalue weighted by Gasteiger charge is -2.20. The van der Waals surface area contributed by atoms with Gasteiger partial charge in [-0.25, -0.2) is 0 Å². The van der Waals surface area contributed by atoms with Crippen molar-refractivity contribution in [2.45, 2.75) is 25.0 Å². The summed E-state index contributed by atoms with van der Waals surface area (Å²) in [5, 5.41) is 10.2. The number of carbonyl (C=O) groups is 1. The third-order valence-corrected chi connectivity index (χ3v) is 3.06. The third kappa shape index (κ3) is 4.11. The minimum absolute atomic E-state index is 0.169. The lowest BCUT2D eigenvalue weighted by Crippen LogP contribution is -2.29. The van der Waals surface area contributed by atoms with Crippen molar-refractivity contribution in [3.63, 3.8) is 0 Å². The molecule has 0 saturated carbocycles. The van der Waals surface area contributed by atoms with Crippen molar-refractivity contribution in [1.29, 1.82) is 0 Å². The van der Waals surface area contributed by atoms with Crippen molar-refractivity contribution in [2.75, 3.05) is 21.3 Å². The van der Waals surface area contributed by atoms with Gasteiger partial charge in [-0.05, 0) is 24.1 Å². The topological polar surface area (TPSA) is 91.0 Å². The van der Waals surface area contributed by atoms with Crippen LogP contribution in [-0.2, 0) is 9.53 Å². The molecule has 0 radical (unpaired) electrons. The van der Waals surface area contributed by atoms with E-state index in [0.717, 1.165) is 0 Å². The first kappa shape index (κ1) is 16.3. The molecule has 1 rings (SSSR count). The second-order valence-electron chi connectivity index (χ2n) is 4.34. The van der Waals surface area contributed by atoms with Gasteiger partial charge in [0.15, 0.2) is 11.5 Å². The highest BCUT2D eigenvalue weighted by atomic mass is 16.5. The van der Waals surface area contributed by atoms with Gasteiger partial charge in [-0.15, -0.1) is 0 Å². The van der Waals surface area contributed by atoms with Crippen LogP contribution in [0.25, 0.3) is 0 Å². The Morgan fingerprint density at radius 1 is 1.25 bits per heavy atom. The number of ether oxygens (including phenoxy) is 3. The Morgan fingerprint density at radius 2 is 1.90 bits per heavy atom. The molecule has 0 saturated heterocycles. The predicted molar refractivity (Wildman–Crippen MR) is 73.7 cm³/mol. The summed E-state index contributed by atoms with van der Waals surface area (Å²) in [5.41, 5.74) is 6.50. The summed E-state index contributed by atoms with van der Waals surface area (Å²) in [7, 11) is 4.37. The van der Waals surface area contributed by atoms with Crippen LogP contribution < -0.4 is 15.2 Å². The van der Waals surface area contributed by atoms with E-state index >= 15 is 0 Å². The van der Waals surface area contributed by atoms with Crippen LogP contribution in [0.15, 0.2) is 18.2 Å². The Kier molecular flexibility index (Phi) is 6.27. The van der Waals surface area contributed by atoms with Crippen LogP contribution in [0.1, 0.15) is 24.5 Å². The highest BCUT2D eigenvalue weighted by Crippen LogP contribution is 2.31. The summed E-state index contributed by atoms with van der Waals surface area (Å²) in [4.78, 5) is 11.1. The zero-order chi connectivity index (χ0) is 15.1. The molecule has 6 nitrogen and oxygen atoms in total. The van der Waals surface area contributed by atoms with Crippen LogP contribution in [0.4, 0.5) is 0 Å². The number of benzene rings is 1. The fourth-order valence-corrected chi connectivity index (χ4v) is 1.83. The summed E-state index contributed by atoms with van der Waals surface area (Å²) >= 11 is 0. The van der Waals surface area contributed by atoms with Gasteiger partial charge in [0.25, 0.3) is 0 Å². The van der Waals surface area contributed by atoms with Crippen molar-refractivity contribution in [3.05, 3.63) is 23.8 Å². The molecule has 20 heavy (non-hydrogen) atoms. The molecule has 0 amide bonds. The van der Waals surface area contributed by atoms with Crippen LogP contribution in [0, 0.1) is 0 Å². The van der Waals surface area contributed by atoms with E-state index in [2.05, 4.69) is 4.74 Å². The minimum Gasteiger partial charge on any atom is -0.493 e. The zero-order valence-corrected chi connectivity index (χ0v) is 12.0. The van der Waals surface area contributed by atoms with Crippen LogP contribution in [0.3, 0.4) is 0 Å². The number of methoxy groups -OCH3 is 3. The lowest BCUT2D eigenvalue weighted by molar-refractivity contribution is -0.140. The van der Waals surface area contributed by atoms with Crippen LogP contribution >= 0.6 is 0 Å². The Balaban J connectivity index is 2.75. The maximum atomic E-state index is 11.1. The number of hydrogen-bond acceptors (Lipinski definition) is 6. The van der Waals surface area contributed by atoms with E-state index in [1.807, 2.05) is 0 Å². The fraction of sp³-hybridized carbons (Fsp3) is 0.500. The van der Waals surface area contributed by atoms with Crippen molar-refractivity contribution >= 4 is 5.97 Å². The molecule has 1 aromatic rings. The first-order valence-corrected chi connectivity index (χ1v) is 6.25. The molecule has 3 N–H and O–H groups in total. The molecule has 0 aliphatic rings. The number of esters is 1.